The minimum Gasteiger partial charge on any atom is -0.494 e. The van der Waals surface area contributed by atoms with Crippen molar-refractivity contribution in [3.63, 3.8) is 0 Å². The van der Waals surface area contributed by atoms with Crippen LogP contribution in [0.1, 0.15) is 23.6 Å². The highest BCUT2D eigenvalue weighted by Gasteiger charge is 2.15. The number of ether oxygens (including phenoxy) is 3. The molecular formula is C27H22IN3O4. The van der Waals surface area contributed by atoms with Gasteiger partial charge < -0.3 is 19.5 Å². The van der Waals surface area contributed by atoms with Crippen molar-refractivity contribution in [2.75, 3.05) is 19.0 Å². The van der Waals surface area contributed by atoms with Crippen LogP contribution in [0.25, 0.3) is 6.08 Å². The third-order valence-electron chi connectivity index (χ3n) is 4.84. The third kappa shape index (κ3) is 6.75. The van der Waals surface area contributed by atoms with Crippen molar-refractivity contribution in [3.8, 4) is 29.4 Å². The Morgan fingerprint density at radius 2 is 1.89 bits per heavy atom. The molecule has 0 aliphatic heterocycles. The normalized spacial score (nSPS) is 10.6. The van der Waals surface area contributed by atoms with E-state index in [9.17, 15) is 15.3 Å². The molecule has 0 saturated heterocycles. The van der Waals surface area contributed by atoms with Crippen molar-refractivity contribution in [1.82, 2.24) is 0 Å². The molecule has 8 heteroatoms. The number of hydrogen-bond donors (Lipinski definition) is 1. The SMILES string of the molecule is CCOc1cccc(NC(=O)/C(C#N)=C\c2cc(I)c(OCc3ccccc3C#N)c(OC)c2)c1. The van der Waals surface area contributed by atoms with Gasteiger partial charge in [-0.3, -0.25) is 4.79 Å². The molecule has 3 rings (SSSR count). The smallest absolute Gasteiger partial charge is 0.266 e. The topological polar surface area (TPSA) is 104 Å². The van der Waals surface area contributed by atoms with Crippen LogP contribution in [-0.2, 0) is 11.4 Å². The zero-order chi connectivity index (χ0) is 25.2. The molecule has 3 aromatic rings. The highest BCUT2D eigenvalue weighted by molar-refractivity contribution is 14.1. The number of carbonyl (C=O) groups excluding carboxylic acids is 1. The number of anilines is 1. The molecule has 1 N–H and O–H groups in total. The fourth-order valence-corrected chi connectivity index (χ4v) is 3.99. The van der Waals surface area contributed by atoms with E-state index in [4.69, 9.17) is 14.2 Å². The second-order valence-electron chi connectivity index (χ2n) is 7.18. The summed E-state index contributed by atoms with van der Waals surface area (Å²) in [6.45, 7) is 2.57. The predicted octanol–water partition coefficient (Wildman–Crippen LogP) is 5.69. The molecule has 0 radical (unpaired) electrons. The molecule has 0 aliphatic carbocycles. The molecule has 0 atom stereocenters. The van der Waals surface area contributed by atoms with E-state index in [1.807, 2.05) is 25.1 Å². The predicted molar refractivity (Wildman–Crippen MR) is 141 cm³/mol. The van der Waals surface area contributed by atoms with Gasteiger partial charge in [-0.15, -0.1) is 0 Å². The molecule has 0 heterocycles. The molecule has 1 amide bonds. The Hall–Kier alpha value is -4.02. The lowest BCUT2D eigenvalue weighted by atomic mass is 10.1. The van der Waals surface area contributed by atoms with E-state index in [0.29, 0.717) is 40.7 Å². The van der Waals surface area contributed by atoms with Crippen LogP contribution in [-0.4, -0.2) is 19.6 Å². The number of nitrogens with one attached hydrogen (secondary N) is 1. The summed E-state index contributed by atoms with van der Waals surface area (Å²) >= 11 is 2.11. The van der Waals surface area contributed by atoms with E-state index in [1.165, 1.54) is 13.2 Å². The molecule has 35 heavy (non-hydrogen) atoms. The molecule has 7 nitrogen and oxygen atoms in total. The Bertz CT molecular complexity index is 1340. The Labute approximate surface area is 217 Å². The van der Waals surface area contributed by atoms with E-state index >= 15 is 0 Å². The number of rotatable bonds is 9. The maximum absolute atomic E-state index is 12.7. The Balaban J connectivity index is 1.82. The fourth-order valence-electron chi connectivity index (χ4n) is 3.21. The van der Waals surface area contributed by atoms with Gasteiger partial charge in [-0.2, -0.15) is 10.5 Å². The molecule has 0 aliphatic rings. The van der Waals surface area contributed by atoms with Gasteiger partial charge in [0.15, 0.2) is 11.5 Å². The van der Waals surface area contributed by atoms with E-state index in [0.717, 1.165) is 9.13 Å². The van der Waals surface area contributed by atoms with Gasteiger partial charge in [0, 0.05) is 17.3 Å². The largest absolute Gasteiger partial charge is 0.494 e. The summed E-state index contributed by atoms with van der Waals surface area (Å²) in [5, 5.41) is 21.6. The second kappa shape index (κ2) is 12.4. The van der Waals surface area contributed by atoms with E-state index < -0.39 is 5.91 Å². The first-order chi connectivity index (χ1) is 17.0. The summed E-state index contributed by atoms with van der Waals surface area (Å²) < 4.78 is 17.6. The van der Waals surface area contributed by atoms with Crippen LogP contribution in [0.5, 0.6) is 17.2 Å². The summed E-state index contributed by atoms with van der Waals surface area (Å²) in [5.74, 6) is 1.04. The molecule has 0 fully saturated rings. The molecule has 0 saturated carbocycles. The fraction of sp³-hybridized carbons (Fsp3) is 0.148. The summed E-state index contributed by atoms with van der Waals surface area (Å²) in [6, 6.07) is 21.8. The van der Waals surface area contributed by atoms with E-state index in [1.54, 1.807) is 48.5 Å². The number of nitrogens with zero attached hydrogens (tertiary/aromatic N) is 2. The van der Waals surface area contributed by atoms with Crippen LogP contribution >= 0.6 is 22.6 Å². The van der Waals surface area contributed by atoms with Gasteiger partial charge in [-0.05, 0) is 71.5 Å². The van der Waals surface area contributed by atoms with E-state index in [2.05, 4.69) is 34.0 Å². The average molecular weight is 579 g/mol. The lowest BCUT2D eigenvalue weighted by Gasteiger charge is -2.14. The van der Waals surface area contributed by atoms with Crippen molar-refractivity contribution >= 4 is 40.3 Å². The van der Waals surface area contributed by atoms with Gasteiger partial charge in [0.2, 0.25) is 0 Å². The molecule has 0 aromatic heterocycles. The highest BCUT2D eigenvalue weighted by atomic mass is 127. The van der Waals surface area contributed by atoms with Crippen molar-refractivity contribution in [3.05, 3.63) is 86.5 Å². The van der Waals surface area contributed by atoms with Gasteiger partial charge in [-0.25, -0.2) is 0 Å². The molecule has 0 unspecified atom stereocenters. The minimum absolute atomic E-state index is 0.0683. The van der Waals surface area contributed by atoms with Crippen molar-refractivity contribution < 1.29 is 19.0 Å². The number of carbonyl (C=O) groups is 1. The standard InChI is InChI=1S/C27H22IN3O4/c1-3-34-23-10-6-9-22(14-23)31-27(32)21(16-30)11-18-12-24(28)26(25(13-18)33-2)35-17-20-8-5-4-7-19(20)15-29/h4-14H,3,17H2,1-2H3,(H,31,32)/b21-11-. The first-order valence-corrected chi connectivity index (χ1v) is 11.7. The maximum atomic E-state index is 12.7. The van der Waals surface area contributed by atoms with Gasteiger partial charge >= 0.3 is 0 Å². The molecule has 0 bridgehead atoms. The molecule has 0 spiro atoms. The Morgan fingerprint density at radius 3 is 2.60 bits per heavy atom. The Kier molecular flexibility index (Phi) is 9.10. The van der Waals surface area contributed by atoms with Crippen molar-refractivity contribution in [2.24, 2.45) is 0 Å². The van der Waals surface area contributed by atoms with Crippen molar-refractivity contribution in [1.29, 1.82) is 10.5 Å². The highest BCUT2D eigenvalue weighted by Crippen LogP contribution is 2.35. The molecule has 3 aromatic carbocycles. The average Bonchev–Trinajstić information content (AvgIpc) is 2.86. The third-order valence-corrected chi connectivity index (χ3v) is 5.64. The molecule has 176 valence electrons. The van der Waals surface area contributed by atoms with Gasteiger partial charge in [-0.1, -0.05) is 24.3 Å². The lowest BCUT2D eigenvalue weighted by molar-refractivity contribution is -0.112. The van der Waals surface area contributed by atoms with Crippen LogP contribution in [0, 0.1) is 26.2 Å². The van der Waals surface area contributed by atoms with Gasteiger partial charge in [0.25, 0.3) is 5.91 Å². The first-order valence-electron chi connectivity index (χ1n) is 10.6. The summed E-state index contributed by atoms with van der Waals surface area (Å²) in [7, 11) is 1.51. The zero-order valence-electron chi connectivity index (χ0n) is 19.2. The van der Waals surface area contributed by atoms with Gasteiger partial charge in [0.05, 0.1) is 28.9 Å². The van der Waals surface area contributed by atoms with Crippen LogP contribution in [0.2, 0.25) is 0 Å². The number of halogens is 1. The number of benzene rings is 3. The number of amides is 1. The molecular weight excluding hydrogens is 557 g/mol. The second-order valence-corrected chi connectivity index (χ2v) is 8.34. The van der Waals surface area contributed by atoms with Crippen LogP contribution in [0.3, 0.4) is 0 Å². The van der Waals surface area contributed by atoms with Crippen LogP contribution < -0.4 is 19.5 Å². The van der Waals surface area contributed by atoms with E-state index in [-0.39, 0.29) is 12.2 Å². The number of methoxy groups -OCH3 is 1. The zero-order valence-corrected chi connectivity index (χ0v) is 21.3. The quantitative estimate of drug-likeness (QED) is 0.198. The number of nitriles is 2. The van der Waals surface area contributed by atoms with Crippen LogP contribution in [0.4, 0.5) is 5.69 Å². The Morgan fingerprint density at radius 1 is 1.09 bits per heavy atom. The maximum Gasteiger partial charge on any atom is 0.266 e. The van der Waals surface area contributed by atoms with Gasteiger partial charge in [0.1, 0.15) is 24.0 Å². The monoisotopic (exact) mass is 579 g/mol. The summed E-state index contributed by atoms with van der Waals surface area (Å²) in [6.07, 6.45) is 1.49. The lowest BCUT2D eigenvalue weighted by Crippen LogP contribution is -2.13. The minimum atomic E-state index is -0.538. The summed E-state index contributed by atoms with van der Waals surface area (Å²) in [4.78, 5) is 12.7. The summed E-state index contributed by atoms with van der Waals surface area (Å²) in [5.41, 5.74) is 2.36. The van der Waals surface area contributed by atoms with Crippen LogP contribution in [0.15, 0.2) is 66.2 Å². The van der Waals surface area contributed by atoms with Crippen molar-refractivity contribution in [2.45, 2.75) is 13.5 Å². The first kappa shape index (κ1) is 25.6. The number of hydrogen-bond acceptors (Lipinski definition) is 6.